The van der Waals surface area contributed by atoms with Gasteiger partial charge in [-0.3, -0.25) is 14.4 Å². The van der Waals surface area contributed by atoms with Crippen LogP contribution in [0.25, 0.3) is 0 Å². The van der Waals surface area contributed by atoms with Crippen LogP contribution in [0.5, 0.6) is 0 Å². The predicted octanol–water partition coefficient (Wildman–Crippen LogP) is -0.0907. The highest BCUT2D eigenvalue weighted by Crippen LogP contribution is 2.09. The van der Waals surface area contributed by atoms with Gasteiger partial charge in [0.05, 0.1) is 6.04 Å². The number of carboxylic acids is 1. The fraction of sp³-hybridized carbons (Fsp3) is 0.789. The molecule has 0 saturated carbocycles. The van der Waals surface area contributed by atoms with E-state index in [2.05, 4.69) is 33.9 Å². The Morgan fingerprint density at radius 1 is 1.03 bits per heavy atom. The summed E-state index contributed by atoms with van der Waals surface area (Å²) in [6, 6.07) is -3.19. The van der Waals surface area contributed by atoms with Crippen LogP contribution in [0.1, 0.15) is 47.0 Å². The lowest BCUT2D eigenvalue weighted by Gasteiger charge is -2.26. The van der Waals surface area contributed by atoms with Crippen molar-refractivity contribution in [3.63, 3.8) is 0 Å². The maximum atomic E-state index is 12.7. The smallest absolute Gasteiger partial charge is 0.326 e. The minimum atomic E-state index is -1.13. The fourth-order valence-corrected chi connectivity index (χ4v) is 3.37. The number of carboxylic acid groups (broad SMARTS) is 1. The van der Waals surface area contributed by atoms with Crippen molar-refractivity contribution >= 4 is 36.3 Å². The summed E-state index contributed by atoms with van der Waals surface area (Å²) in [5.41, 5.74) is 0. The van der Waals surface area contributed by atoms with Crippen molar-refractivity contribution < 1.29 is 24.3 Å². The molecule has 166 valence electrons. The van der Waals surface area contributed by atoms with E-state index in [1.165, 1.54) is 0 Å². The summed E-state index contributed by atoms with van der Waals surface area (Å²) >= 11 is 4.15. The lowest BCUT2D eigenvalue weighted by atomic mass is 10.00. The first-order chi connectivity index (χ1) is 13.6. The third-order valence-electron chi connectivity index (χ3n) is 4.76. The van der Waals surface area contributed by atoms with E-state index in [1.54, 1.807) is 13.8 Å². The molecule has 0 aromatic carbocycles. The minimum Gasteiger partial charge on any atom is -0.480 e. The molecule has 0 spiro atoms. The Morgan fingerprint density at radius 2 is 1.66 bits per heavy atom. The molecule has 0 aromatic heterocycles. The number of rotatable bonds is 11. The van der Waals surface area contributed by atoms with Crippen LogP contribution < -0.4 is 21.3 Å². The normalized spacial score (nSPS) is 19.5. The summed E-state index contributed by atoms with van der Waals surface area (Å²) < 4.78 is 0. The molecule has 1 saturated heterocycles. The fourth-order valence-electron chi connectivity index (χ4n) is 3.12. The Kier molecular flexibility index (Phi) is 10.5. The van der Waals surface area contributed by atoms with Gasteiger partial charge in [0, 0.05) is 5.75 Å². The summed E-state index contributed by atoms with van der Waals surface area (Å²) in [7, 11) is 0. The average molecular weight is 431 g/mol. The van der Waals surface area contributed by atoms with Gasteiger partial charge in [-0.05, 0) is 37.6 Å². The van der Waals surface area contributed by atoms with E-state index in [-0.39, 0.29) is 29.5 Å². The molecule has 9 nitrogen and oxygen atoms in total. The summed E-state index contributed by atoms with van der Waals surface area (Å²) in [5, 5.41) is 20.2. The van der Waals surface area contributed by atoms with Crippen LogP contribution in [0.3, 0.4) is 0 Å². The maximum absolute atomic E-state index is 12.7. The molecule has 1 aliphatic heterocycles. The molecule has 0 aliphatic carbocycles. The van der Waals surface area contributed by atoms with Gasteiger partial charge in [-0.2, -0.15) is 12.6 Å². The van der Waals surface area contributed by atoms with Gasteiger partial charge in [-0.1, -0.05) is 27.7 Å². The molecule has 4 unspecified atom stereocenters. The van der Waals surface area contributed by atoms with Gasteiger partial charge in [-0.15, -0.1) is 0 Å². The minimum absolute atomic E-state index is 0.0735. The van der Waals surface area contributed by atoms with Gasteiger partial charge in [0.1, 0.15) is 18.1 Å². The first-order valence-electron chi connectivity index (χ1n) is 10.0. The molecule has 0 radical (unpaired) electrons. The van der Waals surface area contributed by atoms with Crippen LogP contribution in [0.4, 0.5) is 0 Å². The first-order valence-corrected chi connectivity index (χ1v) is 10.7. The van der Waals surface area contributed by atoms with Gasteiger partial charge in [0.2, 0.25) is 17.7 Å². The summed E-state index contributed by atoms with van der Waals surface area (Å²) in [6.45, 7) is 7.94. The van der Waals surface area contributed by atoms with E-state index >= 15 is 0 Å². The van der Waals surface area contributed by atoms with Gasteiger partial charge < -0.3 is 26.4 Å². The number of thiol groups is 1. The van der Waals surface area contributed by atoms with Crippen LogP contribution in [0.2, 0.25) is 0 Å². The van der Waals surface area contributed by atoms with Crippen LogP contribution in [0.15, 0.2) is 0 Å². The van der Waals surface area contributed by atoms with E-state index in [9.17, 15) is 24.3 Å². The second kappa shape index (κ2) is 12.0. The molecule has 10 heteroatoms. The molecule has 5 N–H and O–H groups in total. The van der Waals surface area contributed by atoms with E-state index in [0.717, 1.165) is 13.0 Å². The zero-order valence-electron chi connectivity index (χ0n) is 17.5. The number of carbonyl (C=O) groups excluding carboxylic acids is 3. The van der Waals surface area contributed by atoms with Crippen molar-refractivity contribution in [2.24, 2.45) is 11.8 Å². The summed E-state index contributed by atoms with van der Waals surface area (Å²) in [5.74, 6) is -2.64. The number of amides is 3. The van der Waals surface area contributed by atoms with Gasteiger partial charge in [0.15, 0.2) is 0 Å². The number of hydrogen-bond donors (Lipinski definition) is 6. The van der Waals surface area contributed by atoms with Gasteiger partial charge in [0.25, 0.3) is 0 Å². The molecular formula is C19H34N4O5S. The summed E-state index contributed by atoms with van der Waals surface area (Å²) in [6.07, 6.45) is 1.93. The Labute approximate surface area is 177 Å². The summed E-state index contributed by atoms with van der Waals surface area (Å²) in [4.78, 5) is 49.0. The Hall–Kier alpha value is -1.81. The van der Waals surface area contributed by atoms with Gasteiger partial charge in [-0.25, -0.2) is 4.79 Å². The molecule has 0 bridgehead atoms. The second-order valence-corrected chi connectivity index (χ2v) is 8.52. The Bertz CT molecular complexity index is 593. The lowest BCUT2D eigenvalue weighted by Crippen LogP contribution is -2.58. The highest BCUT2D eigenvalue weighted by Gasteiger charge is 2.32. The standard InChI is InChI=1S/C19H34N4O5S/c1-10(2)8-13(17(25)23-15(11(3)4)19(27)28)21-18(26)14(9-29)22-16(24)12-6-5-7-20-12/h10-15,20,29H,5-9H2,1-4H3,(H,21,26)(H,22,24)(H,23,25)(H,27,28). The van der Waals surface area contributed by atoms with Gasteiger partial charge >= 0.3 is 5.97 Å². The number of hydrogen-bond acceptors (Lipinski definition) is 6. The number of nitrogens with one attached hydrogen (secondary N) is 4. The van der Waals surface area contributed by atoms with Crippen molar-refractivity contribution in [1.82, 2.24) is 21.3 Å². The van der Waals surface area contributed by atoms with Crippen molar-refractivity contribution in [2.75, 3.05) is 12.3 Å². The van der Waals surface area contributed by atoms with E-state index in [0.29, 0.717) is 12.8 Å². The zero-order valence-corrected chi connectivity index (χ0v) is 18.4. The van der Waals surface area contributed by atoms with Crippen LogP contribution in [-0.2, 0) is 19.2 Å². The molecule has 1 fully saturated rings. The largest absolute Gasteiger partial charge is 0.480 e. The second-order valence-electron chi connectivity index (χ2n) is 8.15. The molecule has 1 heterocycles. The topological polar surface area (TPSA) is 137 Å². The zero-order chi connectivity index (χ0) is 22.1. The van der Waals surface area contributed by atoms with Crippen molar-refractivity contribution in [3.8, 4) is 0 Å². The van der Waals surface area contributed by atoms with Crippen LogP contribution in [0, 0.1) is 11.8 Å². The third kappa shape index (κ3) is 8.22. The highest BCUT2D eigenvalue weighted by molar-refractivity contribution is 7.80. The quantitative estimate of drug-likeness (QED) is 0.254. The molecule has 29 heavy (non-hydrogen) atoms. The van der Waals surface area contributed by atoms with Crippen LogP contribution >= 0.6 is 12.6 Å². The van der Waals surface area contributed by atoms with Crippen molar-refractivity contribution in [3.05, 3.63) is 0 Å². The molecule has 3 amide bonds. The predicted molar refractivity (Wildman–Crippen MR) is 113 cm³/mol. The van der Waals surface area contributed by atoms with Crippen molar-refractivity contribution in [1.29, 1.82) is 0 Å². The molecular weight excluding hydrogens is 396 g/mol. The number of aliphatic carboxylic acids is 1. The third-order valence-corrected chi connectivity index (χ3v) is 5.13. The number of carbonyl (C=O) groups is 4. The van der Waals surface area contributed by atoms with Crippen LogP contribution in [-0.4, -0.2) is 65.3 Å². The average Bonchev–Trinajstić information content (AvgIpc) is 3.16. The van der Waals surface area contributed by atoms with E-state index < -0.39 is 35.9 Å². The molecule has 0 aromatic rings. The SMILES string of the molecule is CC(C)CC(NC(=O)C(CS)NC(=O)C1CCCN1)C(=O)NC(C(=O)O)C(C)C. The van der Waals surface area contributed by atoms with E-state index in [4.69, 9.17) is 0 Å². The lowest BCUT2D eigenvalue weighted by molar-refractivity contribution is -0.143. The van der Waals surface area contributed by atoms with E-state index in [1.807, 2.05) is 13.8 Å². The monoisotopic (exact) mass is 430 g/mol. The maximum Gasteiger partial charge on any atom is 0.326 e. The highest BCUT2D eigenvalue weighted by atomic mass is 32.1. The molecule has 4 atom stereocenters. The Balaban J connectivity index is 2.80. The Morgan fingerprint density at radius 3 is 2.10 bits per heavy atom. The molecule has 1 rings (SSSR count). The first kappa shape index (κ1) is 25.2. The van der Waals surface area contributed by atoms with Crippen molar-refractivity contribution in [2.45, 2.75) is 71.1 Å². The molecule has 1 aliphatic rings.